The van der Waals surface area contributed by atoms with Gasteiger partial charge in [0.05, 0.1) is 10.7 Å². The summed E-state index contributed by atoms with van der Waals surface area (Å²) < 4.78 is 0. The monoisotopic (exact) mass is 292 g/mol. The summed E-state index contributed by atoms with van der Waals surface area (Å²) in [7, 11) is 0. The van der Waals surface area contributed by atoms with Crippen LogP contribution in [-0.4, -0.2) is 43.0 Å². The minimum Gasteiger partial charge on any atom is -0.384 e. The molecule has 2 saturated heterocycles. The summed E-state index contributed by atoms with van der Waals surface area (Å²) in [6.07, 6.45) is 3.89. The van der Waals surface area contributed by atoms with Crippen LogP contribution < -0.4 is 10.6 Å². The van der Waals surface area contributed by atoms with Gasteiger partial charge in [0.2, 0.25) is 0 Å². The minimum atomic E-state index is 0.0646. The number of nitrogens with one attached hydrogen (secondary N) is 1. The predicted molar refractivity (Wildman–Crippen MR) is 83.9 cm³/mol. The van der Waals surface area contributed by atoms with E-state index in [0.29, 0.717) is 16.6 Å². The Bertz CT molecular complexity index is 511. The summed E-state index contributed by atoms with van der Waals surface area (Å²) in [5.74, 6) is 0.0646. The van der Waals surface area contributed by atoms with Gasteiger partial charge in [-0.05, 0) is 50.6 Å². The highest BCUT2D eigenvalue weighted by Crippen LogP contribution is 2.31. The van der Waals surface area contributed by atoms with Crippen molar-refractivity contribution < 1.29 is 0 Å². The van der Waals surface area contributed by atoms with Gasteiger partial charge in [-0.15, -0.1) is 0 Å². The number of halogens is 1. The van der Waals surface area contributed by atoms with Gasteiger partial charge >= 0.3 is 0 Å². The van der Waals surface area contributed by atoms with E-state index < -0.39 is 0 Å². The van der Waals surface area contributed by atoms with Gasteiger partial charge in [0.25, 0.3) is 0 Å². The maximum Gasteiger partial charge on any atom is 0.122 e. The molecule has 2 aliphatic rings. The molecule has 0 bridgehead atoms. The van der Waals surface area contributed by atoms with Crippen LogP contribution in [0.15, 0.2) is 18.2 Å². The molecule has 20 heavy (non-hydrogen) atoms. The zero-order valence-corrected chi connectivity index (χ0v) is 12.4. The normalized spacial score (nSPS) is 23.4. The number of anilines is 1. The highest BCUT2D eigenvalue weighted by molar-refractivity contribution is 6.33. The van der Waals surface area contributed by atoms with Crippen LogP contribution in [0, 0.1) is 5.41 Å². The first-order valence-corrected chi connectivity index (χ1v) is 7.66. The van der Waals surface area contributed by atoms with Gasteiger partial charge in [-0.2, -0.15) is 0 Å². The largest absolute Gasteiger partial charge is 0.384 e. The molecule has 4 nitrogen and oxygen atoms in total. The Morgan fingerprint density at radius 1 is 1.25 bits per heavy atom. The SMILES string of the molecule is N=C(N)c1ccc(N2CCC(N3CCCC3)C2)c(Cl)c1. The maximum absolute atomic E-state index is 7.46. The molecule has 3 rings (SSSR count). The lowest BCUT2D eigenvalue weighted by Gasteiger charge is -2.25. The third-order valence-corrected chi connectivity index (χ3v) is 4.72. The average Bonchev–Trinajstić information content (AvgIpc) is 3.09. The average molecular weight is 293 g/mol. The van der Waals surface area contributed by atoms with Crippen LogP contribution in [0.4, 0.5) is 5.69 Å². The Balaban J connectivity index is 1.72. The van der Waals surface area contributed by atoms with E-state index in [0.717, 1.165) is 18.8 Å². The summed E-state index contributed by atoms with van der Waals surface area (Å²) in [6.45, 7) is 4.60. The van der Waals surface area contributed by atoms with Crippen LogP contribution in [0.2, 0.25) is 5.02 Å². The second-order valence-corrected chi connectivity index (χ2v) is 6.12. The zero-order chi connectivity index (χ0) is 14.1. The van der Waals surface area contributed by atoms with Crippen molar-refractivity contribution in [3.05, 3.63) is 28.8 Å². The molecule has 1 unspecified atom stereocenters. The number of amidine groups is 1. The van der Waals surface area contributed by atoms with Crippen molar-refractivity contribution in [2.45, 2.75) is 25.3 Å². The second kappa shape index (κ2) is 5.62. The summed E-state index contributed by atoms with van der Waals surface area (Å²) in [5.41, 5.74) is 7.25. The Morgan fingerprint density at radius 2 is 2.00 bits per heavy atom. The number of hydrogen-bond donors (Lipinski definition) is 2. The van der Waals surface area contributed by atoms with Crippen LogP contribution in [0.1, 0.15) is 24.8 Å². The predicted octanol–water partition coefficient (Wildman–Crippen LogP) is 2.30. The van der Waals surface area contributed by atoms with E-state index in [1.807, 2.05) is 12.1 Å². The molecule has 2 heterocycles. The van der Waals surface area contributed by atoms with E-state index in [1.54, 1.807) is 6.07 Å². The molecule has 0 aliphatic carbocycles. The molecule has 2 aliphatic heterocycles. The number of likely N-dealkylation sites (tertiary alicyclic amines) is 1. The van der Waals surface area contributed by atoms with Crippen molar-refractivity contribution in [3.8, 4) is 0 Å². The second-order valence-electron chi connectivity index (χ2n) is 5.71. The molecule has 108 valence electrons. The lowest BCUT2D eigenvalue weighted by molar-refractivity contribution is 0.260. The number of nitrogens with zero attached hydrogens (tertiary/aromatic N) is 2. The van der Waals surface area contributed by atoms with Crippen molar-refractivity contribution in [2.75, 3.05) is 31.1 Å². The topological polar surface area (TPSA) is 56.4 Å². The summed E-state index contributed by atoms with van der Waals surface area (Å²) in [5, 5.41) is 8.15. The van der Waals surface area contributed by atoms with Crippen LogP contribution in [-0.2, 0) is 0 Å². The molecular weight excluding hydrogens is 272 g/mol. The number of hydrogen-bond acceptors (Lipinski definition) is 3. The van der Waals surface area contributed by atoms with Crippen molar-refractivity contribution in [3.63, 3.8) is 0 Å². The number of benzene rings is 1. The fraction of sp³-hybridized carbons (Fsp3) is 0.533. The summed E-state index contributed by atoms with van der Waals surface area (Å²) in [6, 6.07) is 6.33. The van der Waals surface area contributed by atoms with E-state index in [2.05, 4.69) is 9.80 Å². The first-order valence-electron chi connectivity index (χ1n) is 7.28. The molecule has 2 fully saturated rings. The maximum atomic E-state index is 7.46. The standard InChI is InChI=1S/C15H21ClN4/c16-13-9-11(15(17)18)3-4-14(13)20-8-5-12(10-20)19-6-1-2-7-19/h3-4,9,12H,1-2,5-8,10H2,(H3,17,18). The van der Waals surface area contributed by atoms with E-state index in [-0.39, 0.29) is 5.84 Å². The van der Waals surface area contributed by atoms with Crippen LogP contribution in [0.5, 0.6) is 0 Å². The van der Waals surface area contributed by atoms with Crippen molar-refractivity contribution >= 4 is 23.1 Å². The molecule has 3 N–H and O–H groups in total. The van der Waals surface area contributed by atoms with Crippen molar-refractivity contribution in [1.29, 1.82) is 5.41 Å². The molecule has 0 spiro atoms. The molecule has 0 aromatic heterocycles. The zero-order valence-electron chi connectivity index (χ0n) is 11.6. The third-order valence-electron chi connectivity index (χ3n) is 4.42. The first-order chi connectivity index (χ1) is 9.65. The van der Waals surface area contributed by atoms with Gasteiger partial charge < -0.3 is 10.6 Å². The van der Waals surface area contributed by atoms with Gasteiger partial charge in [0.1, 0.15) is 5.84 Å². The first kappa shape index (κ1) is 13.7. The van der Waals surface area contributed by atoms with E-state index in [1.165, 1.54) is 32.4 Å². The Morgan fingerprint density at radius 3 is 2.65 bits per heavy atom. The molecule has 1 atom stereocenters. The third kappa shape index (κ3) is 2.63. The van der Waals surface area contributed by atoms with Gasteiger partial charge in [-0.3, -0.25) is 10.3 Å². The van der Waals surface area contributed by atoms with Crippen LogP contribution in [0.3, 0.4) is 0 Å². The fourth-order valence-electron chi connectivity index (χ4n) is 3.30. The molecule has 5 heteroatoms. The van der Waals surface area contributed by atoms with Gasteiger partial charge in [0.15, 0.2) is 0 Å². The smallest absolute Gasteiger partial charge is 0.122 e. The number of rotatable bonds is 3. The summed E-state index contributed by atoms with van der Waals surface area (Å²) in [4.78, 5) is 4.97. The van der Waals surface area contributed by atoms with Crippen LogP contribution >= 0.6 is 11.6 Å². The quantitative estimate of drug-likeness (QED) is 0.664. The molecule has 0 amide bonds. The Kier molecular flexibility index (Phi) is 3.85. The van der Waals surface area contributed by atoms with E-state index in [9.17, 15) is 0 Å². The number of nitrogen functional groups attached to an aromatic ring is 1. The molecule has 1 aromatic rings. The van der Waals surface area contributed by atoms with E-state index in [4.69, 9.17) is 22.7 Å². The highest BCUT2D eigenvalue weighted by Gasteiger charge is 2.30. The van der Waals surface area contributed by atoms with Gasteiger partial charge in [-0.25, -0.2) is 0 Å². The van der Waals surface area contributed by atoms with Crippen molar-refractivity contribution in [2.24, 2.45) is 5.73 Å². The lowest BCUT2D eigenvalue weighted by atomic mass is 10.2. The minimum absolute atomic E-state index is 0.0646. The Hall–Kier alpha value is -1.26. The Labute approximate surface area is 125 Å². The molecule has 0 saturated carbocycles. The fourth-order valence-corrected chi connectivity index (χ4v) is 3.60. The number of nitrogens with two attached hydrogens (primary N) is 1. The van der Waals surface area contributed by atoms with Gasteiger partial charge in [-0.1, -0.05) is 11.6 Å². The van der Waals surface area contributed by atoms with Gasteiger partial charge in [0, 0.05) is 24.7 Å². The van der Waals surface area contributed by atoms with E-state index >= 15 is 0 Å². The molecular formula is C15H21ClN4. The van der Waals surface area contributed by atoms with Crippen LogP contribution in [0.25, 0.3) is 0 Å². The lowest BCUT2D eigenvalue weighted by Crippen LogP contribution is -2.35. The van der Waals surface area contributed by atoms with Crippen molar-refractivity contribution in [1.82, 2.24) is 4.90 Å². The molecule has 0 radical (unpaired) electrons. The highest BCUT2D eigenvalue weighted by atomic mass is 35.5. The molecule has 1 aromatic carbocycles. The summed E-state index contributed by atoms with van der Waals surface area (Å²) >= 11 is 6.35.